The first-order chi connectivity index (χ1) is 11.6. The third kappa shape index (κ3) is 3.51. The van der Waals surface area contributed by atoms with Crippen LogP contribution in [0.5, 0.6) is 0 Å². The molecule has 3 rings (SSSR count). The summed E-state index contributed by atoms with van der Waals surface area (Å²) in [6.45, 7) is 0. The van der Waals surface area contributed by atoms with Crippen LogP contribution in [-0.4, -0.2) is 0 Å². The van der Waals surface area contributed by atoms with Gasteiger partial charge in [0.1, 0.15) is 17.3 Å². The second-order valence-electron chi connectivity index (χ2n) is 5.01. The minimum atomic E-state index is -0.341. The van der Waals surface area contributed by atoms with Crippen molar-refractivity contribution in [3.8, 4) is 17.4 Å². The van der Waals surface area contributed by atoms with Gasteiger partial charge in [-0.2, -0.15) is 5.26 Å². The van der Waals surface area contributed by atoms with Gasteiger partial charge in [-0.1, -0.05) is 41.4 Å². The fourth-order valence-corrected chi connectivity index (χ4v) is 2.76. The van der Waals surface area contributed by atoms with Crippen molar-refractivity contribution in [1.29, 1.82) is 5.26 Å². The summed E-state index contributed by atoms with van der Waals surface area (Å²) in [6, 6.07) is 16.5. The van der Waals surface area contributed by atoms with Crippen LogP contribution in [0, 0.1) is 17.1 Å². The van der Waals surface area contributed by atoms with E-state index in [0.717, 1.165) is 0 Å². The van der Waals surface area contributed by atoms with E-state index in [-0.39, 0.29) is 5.82 Å². The summed E-state index contributed by atoms with van der Waals surface area (Å²) in [5.74, 6) is 0.642. The fraction of sp³-hybridized carbons (Fsp3) is 0. The topological polar surface area (TPSA) is 36.9 Å². The predicted octanol–water partition coefficient (Wildman–Crippen LogP) is 6.46. The summed E-state index contributed by atoms with van der Waals surface area (Å²) < 4.78 is 19.0. The van der Waals surface area contributed by atoms with E-state index in [4.69, 9.17) is 27.6 Å². The van der Waals surface area contributed by atoms with Crippen molar-refractivity contribution in [2.24, 2.45) is 0 Å². The highest BCUT2D eigenvalue weighted by Gasteiger charge is 2.09. The molecule has 0 unspecified atom stereocenters. The Morgan fingerprint density at radius 2 is 1.92 bits per heavy atom. The largest absolute Gasteiger partial charge is 0.457 e. The molecule has 1 aromatic heterocycles. The predicted molar refractivity (Wildman–Crippen MR) is 94.0 cm³/mol. The Morgan fingerprint density at radius 1 is 1.08 bits per heavy atom. The molecular formula is C19H10Cl2FNO. The van der Waals surface area contributed by atoms with Gasteiger partial charge >= 0.3 is 0 Å². The van der Waals surface area contributed by atoms with Crippen molar-refractivity contribution in [1.82, 2.24) is 0 Å². The zero-order chi connectivity index (χ0) is 17.1. The first-order valence-corrected chi connectivity index (χ1v) is 7.75. The lowest BCUT2D eigenvalue weighted by Crippen LogP contribution is -1.83. The zero-order valence-corrected chi connectivity index (χ0v) is 13.8. The molecule has 2 aromatic carbocycles. The van der Waals surface area contributed by atoms with Crippen LogP contribution < -0.4 is 0 Å². The van der Waals surface area contributed by atoms with E-state index in [1.165, 1.54) is 12.1 Å². The number of nitrogens with zero attached hydrogens (tertiary/aromatic N) is 1. The molecule has 0 atom stereocenters. The van der Waals surface area contributed by atoms with Gasteiger partial charge in [0.2, 0.25) is 0 Å². The maximum Gasteiger partial charge on any atom is 0.134 e. The van der Waals surface area contributed by atoms with E-state index in [1.807, 2.05) is 0 Å². The standard InChI is InChI=1S/C19H10Cl2FNO/c20-14-4-6-17(18(21)10-14)13(11-23)9-16-5-7-19(24-16)12-2-1-3-15(22)8-12/h1-10H/b13-9-. The summed E-state index contributed by atoms with van der Waals surface area (Å²) in [4.78, 5) is 0. The van der Waals surface area contributed by atoms with E-state index < -0.39 is 0 Å². The lowest BCUT2D eigenvalue weighted by atomic mass is 10.1. The molecule has 118 valence electrons. The minimum absolute atomic E-state index is 0.341. The monoisotopic (exact) mass is 357 g/mol. The number of halogens is 3. The highest BCUT2D eigenvalue weighted by Crippen LogP contribution is 2.30. The molecule has 0 spiro atoms. The molecule has 0 aliphatic rings. The maximum absolute atomic E-state index is 13.3. The van der Waals surface area contributed by atoms with Crippen LogP contribution in [0.3, 0.4) is 0 Å². The number of allylic oxidation sites excluding steroid dienone is 1. The van der Waals surface area contributed by atoms with E-state index in [2.05, 4.69) is 6.07 Å². The molecular weight excluding hydrogens is 348 g/mol. The summed E-state index contributed by atoms with van der Waals surface area (Å²) in [5, 5.41) is 10.3. The lowest BCUT2D eigenvalue weighted by Gasteiger charge is -2.02. The van der Waals surface area contributed by atoms with Crippen LogP contribution in [0.4, 0.5) is 4.39 Å². The van der Waals surface area contributed by atoms with Gasteiger partial charge in [-0.3, -0.25) is 0 Å². The quantitative estimate of drug-likeness (QED) is 0.504. The summed E-state index contributed by atoms with van der Waals surface area (Å²) >= 11 is 12.0. The molecule has 0 amide bonds. The molecule has 2 nitrogen and oxygen atoms in total. The Morgan fingerprint density at radius 3 is 2.62 bits per heavy atom. The number of hydrogen-bond donors (Lipinski definition) is 0. The number of hydrogen-bond acceptors (Lipinski definition) is 2. The smallest absolute Gasteiger partial charge is 0.134 e. The van der Waals surface area contributed by atoms with Crippen LogP contribution in [0.15, 0.2) is 59.0 Å². The molecule has 0 saturated carbocycles. The fourth-order valence-electron chi connectivity index (χ4n) is 2.25. The van der Waals surface area contributed by atoms with Crippen LogP contribution >= 0.6 is 23.2 Å². The molecule has 0 fully saturated rings. The zero-order valence-electron chi connectivity index (χ0n) is 12.3. The Kier molecular flexibility index (Phi) is 4.71. The lowest BCUT2D eigenvalue weighted by molar-refractivity contribution is 0.570. The summed E-state index contributed by atoms with van der Waals surface area (Å²) in [7, 11) is 0. The molecule has 0 aliphatic heterocycles. The molecule has 1 heterocycles. The first kappa shape index (κ1) is 16.3. The first-order valence-electron chi connectivity index (χ1n) is 7.00. The van der Waals surface area contributed by atoms with Gasteiger partial charge in [0.15, 0.2) is 0 Å². The van der Waals surface area contributed by atoms with Crippen LogP contribution in [0.2, 0.25) is 10.0 Å². The van der Waals surface area contributed by atoms with Crippen LogP contribution in [-0.2, 0) is 0 Å². The molecule has 0 saturated heterocycles. The molecule has 0 radical (unpaired) electrons. The molecule has 3 aromatic rings. The van der Waals surface area contributed by atoms with Gasteiger partial charge in [0.05, 0.1) is 16.7 Å². The number of furan rings is 1. The Hall–Kier alpha value is -2.54. The average Bonchev–Trinajstić information content (AvgIpc) is 3.02. The normalized spacial score (nSPS) is 11.3. The van der Waals surface area contributed by atoms with Gasteiger partial charge in [-0.15, -0.1) is 0 Å². The maximum atomic E-state index is 13.3. The molecule has 0 aliphatic carbocycles. The van der Waals surface area contributed by atoms with E-state index in [9.17, 15) is 9.65 Å². The van der Waals surface area contributed by atoms with Gasteiger partial charge in [-0.05, 0) is 42.5 Å². The SMILES string of the molecule is N#C/C(=C/c1ccc(-c2cccc(F)c2)o1)c1ccc(Cl)cc1Cl. The van der Waals surface area contributed by atoms with Gasteiger partial charge in [0.25, 0.3) is 0 Å². The van der Waals surface area contributed by atoms with E-state index in [1.54, 1.807) is 48.5 Å². The molecule has 0 N–H and O–H groups in total. The average molecular weight is 358 g/mol. The van der Waals surface area contributed by atoms with Crippen molar-refractivity contribution >= 4 is 34.9 Å². The van der Waals surface area contributed by atoms with Crippen LogP contribution in [0.25, 0.3) is 23.0 Å². The van der Waals surface area contributed by atoms with Crippen molar-refractivity contribution in [3.05, 3.63) is 81.8 Å². The number of benzene rings is 2. The summed E-state index contributed by atoms with van der Waals surface area (Å²) in [5.41, 5.74) is 1.53. The Labute approximate surface area is 148 Å². The molecule has 5 heteroatoms. The molecule has 0 bridgehead atoms. The van der Waals surface area contributed by atoms with Crippen molar-refractivity contribution in [3.63, 3.8) is 0 Å². The van der Waals surface area contributed by atoms with Gasteiger partial charge in [0, 0.05) is 16.1 Å². The van der Waals surface area contributed by atoms with Crippen molar-refractivity contribution in [2.75, 3.05) is 0 Å². The second-order valence-corrected chi connectivity index (χ2v) is 5.85. The second kappa shape index (κ2) is 6.92. The van der Waals surface area contributed by atoms with Crippen molar-refractivity contribution < 1.29 is 8.81 Å². The van der Waals surface area contributed by atoms with E-state index in [0.29, 0.717) is 38.3 Å². The number of nitriles is 1. The summed E-state index contributed by atoms with van der Waals surface area (Å²) in [6.07, 6.45) is 1.58. The number of rotatable bonds is 3. The third-order valence-corrected chi connectivity index (χ3v) is 3.91. The Balaban J connectivity index is 1.97. The van der Waals surface area contributed by atoms with Crippen LogP contribution in [0.1, 0.15) is 11.3 Å². The van der Waals surface area contributed by atoms with E-state index >= 15 is 0 Å². The highest BCUT2D eigenvalue weighted by atomic mass is 35.5. The molecule has 24 heavy (non-hydrogen) atoms. The highest BCUT2D eigenvalue weighted by molar-refractivity contribution is 6.36. The third-order valence-electron chi connectivity index (χ3n) is 3.36. The van der Waals surface area contributed by atoms with Gasteiger partial charge in [-0.25, -0.2) is 4.39 Å². The van der Waals surface area contributed by atoms with Gasteiger partial charge < -0.3 is 4.42 Å². The minimum Gasteiger partial charge on any atom is -0.457 e. The van der Waals surface area contributed by atoms with Crippen molar-refractivity contribution in [2.45, 2.75) is 0 Å². The Bertz CT molecular complexity index is 969.